The van der Waals surface area contributed by atoms with Crippen molar-refractivity contribution < 1.29 is 36.8 Å². The Morgan fingerprint density at radius 3 is 2.41 bits per heavy atom. The van der Waals surface area contributed by atoms with Crippen LogP contribution in [0.4, 0.5) is 4.79 Å². The Hall–Kier alpha value is -1.39. The van der Waals surface area contributed by atoms with E-state index in [1.807, 2.05) is 0 Å². The van der Waals surface area contributed by atoms with Gasteiger partial charge in [0.15, 0.2) is 5.54 Å². The van der Waals surface area contributed by atoms with Crippen molar-refractivity contribution in [3.05, 3.63) is 0 Å². The van der Waals surface area contributed by atoms with Crippen LogP contribution in [0.5, 0.6) is 0 Å². The summed E-state index contributed by atoms with van der Waals surface area (Å²) in [7, 11) is -3.93. The van der Waals surface area contributed by atoms with Crippen molar-refractivity contribution in [1.82, 2.24) is 5.32 Å². The Morgan fingerprint density at radius 2 is 1.95 bits per heavy atom. The van der Waals surface area contributed by atoms with E-state index in [0.29, 0.717) is 0 Å². The number of hydrogen-bond donors (Lipinski definition) is 2. The quantitative estimate of drug-likeness (QED) is 0.690. The molecule has 10 heteroatoms. The first-order valence-corrected chi connectivity index (χ1v) is 8.38. The number of carbonyl (C=O) groups excluding carboxylic acids is 1. The van der Waals surface area contributed by atoms with Gasteiger partial charge in [0.1, 0.15) is 11.7 Å². The second-order valence-electron chi connectivity index (χ2n) is 6.02. The highest BCUT2D eigenvalue weighted by Gasteiger charge is 2.52. The number of carboxylic acids is 1. The van der Waals surface area contributed by atoms with E-state index in [0.717, 1.165) is 6.26 Å². The number of alkyl carbamates (subject to hydrolysis) is 1. The highest BCUT2D eigenvalue weighted by Crippen LogP contribution is 2.26. The summed E-state index contributed by atoms with van der Waals surface area (Å²) >= 11 is 0. The molecule has 1 amide bonds. The number of hydrogen-bond acceptors (Lipinski definition) is 7. The number of carbonyl (C=O) groups is 2. The number of ether oxygens (including phenoxy) is 2. The van der Waals surface area contributed by atoms with Crippen LogP contribution in [-0.2, 0) is 28.6 Å². The van der Waals surface area contributed by atoms with Crippen molar-refractivity contribution in [2.45, 2.75) is 44.4 Å². The smallest absolute Gasteiger partial charge is 0.408 e. The van der Waals surface area contributed by atoms with Crippen molar-refractivity contribution in [3.63, 3.8) is 0 Å². The molecule has 1 saturated heterocycles. The summed E-state index contributed by atoms with van der Waals surface area (Å²) in [6.07, 6.45) is -1.72. The third kappa shape index (κ3) is 5.11. The second kappa shape index (κ2) is 6.39. The van der Waals surface area contributed by atoms with Crippen LogP contribution in [0, 0.1) is 0 Å². The van der Waals surface area contributed by atoms with E-state index in [1.54, 1.807) is 20.8 Å². The van der Waals surface area contributed by atoms with Gasteiger partial charge in [-0.15, -0.1) is 0 Å². The fourth-order valence-corrected chi connectivity index (χ4v) is 2.62. The summed E-state index contributed by atoms with van der Waals surface area (Å²) in [5.74, 6) is -1.42. The maximum Gasteiger partial charge on any atom is 0.408 e. The van der Waals surface area contributed by atoms with Crippen LogP contribution >= 0.6 is 0 Å². The molecule has 0 saturated carbocycles. The van der Waals surface area contributed by atoms with Crippen LogP contribution in [0.2, 0.25) is 0 Å². The lowest BCUT2D eigenvalue weighted by molar-refractivity contribution is -0.157. The van der Waals surface area contributed by atoms with Gasteiger partial charge in [0.05, 0.1) is 12.9 Å². The van der Waals surface area contributed by atoms with Gasteiger partial charge in [-0.2, -0.15) is 8.42 Å². The number of aliphatic carboxylic acids is 1. The Balaban J connectivity index is 3.05. The van der Waals surface area contributed by atoms with E-state index in [-0.39, 0.29) is 19.6 Å². The molecule has 1 fully saturated rings. The molecule has 2 N–H and O–H groups in total. The molecule has 1 aliphatic rings. The van der Waals surface area contributed by atoms with Gasteiger partial charge in [-0.25, -0.2) is 9.59 Å². The topological polar surface area (TPSA) is 128 Å². The number of carboxylic acid groups (broad SMARTS) is 1. The highest BCUT2D eigenvalue weighted by atomic mass is 32.2. The lowest BCUT2D eigenvalue weighted by atomic mass is 9.87. The Kier molecular flexibility index (Phi) is 5.42. The van der Waals surface area contributed by atoms with Gasteiger partial charge in [-0.1, -0.05) is 0 Å². The highest BCUT2D eigenvalue weighted by molar-refractivity contribution is 7.86. The van der Waals surface area contributed by atoms with Gasteiger partial charge in [0.25, 0.3) is 10.1 Å². The van der Waals surface area contributed by atoms with Crippen molar-refractivity contribution in [3.8, 4) is 0 Å². The Labute approximate surface area is 129 Å². The SMILES string of the molecule is CC(C)(C)OC(=O)NC1(C(=O)O)CCOCC1OS(C)(=O)=O. The van der Waals surface area contributed by atoms with Gasteiger partial charge in [-0.3, -0.25) is 4.18 Å². The van der Waals surface area contributed by atoms with Crippen molar-refractivity contribution in [2.24, 2.45) is 0 Å². The first kappa shape index (κ1) is 18.7. The second-order valence-corrected chi connectivity index (χ2v) is 7.62. The molecule has 0 aromatic carbocycles. The molecular formula is C12H21NO8S. The van der Waals surface area contributed by atoms with E-state index in [4.69, 9.17) is 13.7 Å². The van der Waals surface area contributed by atoms with Crippen LogP contribution in [0.3, 0.4) is 0 Å². The fourth-order valence-electron chi connectivity index (χ4n) is 1.97. The molecule has 0 aromatic heterocycles. The minimum atomic E-state index is -3.93. The summed E-state index contributed by atoms with van der Waals surface area (Å²) in [6.45, 7) is 4.61. The molecule has 0 aliphatic carbocycles. The van der Waals surface area contributed by atoms with Crippen LogP contribution in [0.25, 0.3) is 0 Å². The van der Waals surface area contributed by atoms with E-state index >= 15 is 0 Å². The first-order valence-electron chi connectivity index (χ1n) is 6.56. The zero-order valence-corrected chi connectivity index (χ0v) is 13.7. The Morgan fingerprint density at radius 1 is 1.36 bits per heavy atom. The van der Waals surface area contributed by atoms with E-state index < -0.39 is 39.4 Å². The lowest BCUT2D eigenvalue weighted by Crippen LogP contribution is -2.67. The minimum absolute atomic E-state index is 0.0335. The monoisotopic (exact) mass is 339 g/mol. The minimum Gasteiger partial charge on any atom is -0.479 e. The summed E-state index contributed by atoms with van der Waals surface area (Å²) in [5, 5.41) is 11.7. The van der Waals surface area contributed by atoms with Gasteiger partial charge in [0.2, 0.25) is 0 Å². The molecule has 22 heavy (non-hydrogen) atoms. The summed E-state index contributed by atoms with van der Waals surface area (Å²) in [4.78, 5) is 23.6. The maximum absolute atomic E-state index is 11.9. The first-order chi connectivity index (χ1) is 9.86. The average Bonchev–Trinajstić information content (AvgIpc) is 2.26. The summed E-state index contributed by atoms with van der Waals surface area (Å²) in [6, 6.07) is 0. The zero-order chi connectivity index (χ0) is 17.2. The zero-order valence-electron chi connectivity index (χ0n) is 12.9. The molecule has 2 atom stereocenters. The van der Waals surface area contributed by atoms with Crippen molar-refractivity contribution in [1.29, 1.82) is 0 Å². The van der Waals surface area contributed by atoms with Gasteiger partial charge < -0.3 is 19.9 Å². The number of rotatable bonds is 4. The lowest BCUT2D eigenvalue weighted by Gasteiger charge is -2.39. The van der Waals surface area contributed by atoms with Gasteiger partial charge in [0, 0.05) is 13.0 Å². The molecular weight excluding hydrogens is 318 g/mol. The molecule has 2 unspecified atom stereocenters. The molecule has 0 bridgehead atoms. The summed E-state index contributed by atoms with van der Waals surface area (Å²) in [5.41, 5.74) is -2.77. The van der Waals surface area contributed by atoms with E-state index in [2.05, 4.69) is 5.32 Å². The number of amides is 1. The number of nitrogens with one attached hydrogen (secondary N) is 1. The molecule has 0 radical (unpaired) electrons. The molecule has 0 spiro atoms. The average molecular weight is 339 g/mol. The maximum atomic E-state index is 11.9. The van der Waals surface area contributed by atoms with E-state index in [1.165, 1.54) is 0 Å². The van der Waals surface area contributed by atoms with Crippen LogP contribution in [-0.4, -0.2) is 62.3 Å². The standard InChI is InChI=1S/C12H21NO8S/c1-11(2,3)20-10(16)13-12(9(14)15)5-6-19-7-8(12)21-22(4,17)18/h8H,5-7H2,1-4H3,(H,13,16)(H,14,15). The third-order valence-corrected chi connectivity index (χ3v) is 3.44. The van der Waals surface area contributed by atoms with Gasteiger partial charge in [-0.05, 0) is 20.8 Å². The summed E-state index contributed by atoms with van der Waals surface area (Å²) < 4.78 is 37.5. The fraction of sp³-hybridized carbons (Fsp3) is 0.833. The van der Waals surface area contributed by atoms with E-state index in [9.17, 15) is 23.1 Å². The molecule has 9 nitrogen and oxygen atoms in total. The van der Waals surface area contributed by atoms with Crippen molar-refractivity contribution >= 4 is 22.2 Å². The predicted molar refractivity (Wildman–Crippen MR) is 74.9 cm³/mol. The van der Waals surface area contributed by atoms with Crippen LogP contribution < -0.4 is 5.32 Å². The van der Waals surface area contributed by atoms with Gasteiger partial charge >= 0.3 is 12.1 Å². The van der Waals surface area contributed by atoms with Crippen LogP contribution in [0.1, 0.15) is 27.2 Å². The van der Waals surface area contributed by atoms with Crippen molar-refractivity contribution in [2.75, 3.05) is 19.5 Å². The largest absolute Gasteiger partial charge is 0.479 e. The molecule has 1 rings (SSSR count). The third-order valence-electron chi connectivity index (χ3n) is 2.86. The molecule has 128 valence electrons. The predicted octanol–water partition coefficient (Wildman–Crippen LogP) is 0.0996. The molecule has 0 aromatic rings. The normalized spacial score (nSPS) is 26.3. The van der Waals surface area contributed by atoms with Crippen LogP contribution in [0.15, 0.2) is 0 Å². The molecule has 1 aliphatic heterocycles. The Bertz CT molecular complexity index is 538. The molecule has 1 heterocycles.